The van der Waals surface area contributed by atoms with E-state index in [-0.39, 0.29) is 11.7 Å². The molecular formula is C32H27FN8OS. The van der Waals surface area contributed by atoms with Gasteiger partial charge in [0.15, 0.2) is 11.0 Å². The van der Waals surface area contributed by atoms with Crippen LogP contribution >= 0.6 is 11.3 Å². The summed E-state index contributed by atoms with van der Waals surface area (Å²) in [6.45, 7) is 1.47. The summed E-state index contributed by atoms with van der Waals surface area (Å²) >= 11 is 1.56. The normalized spacial score (nSPS) is 14.7. The number of nitrogens with one attached hydrogen (secondary N) is 2. The highest BCUT2D eigenvalue weighted by Crippen LogP contribution is 2.34. The number of H-pyrrole nitrogens is 1. The Hall–Kier alpha value is -4.90. The van der Waals surface area contributed by atoms with E-state index in [9.17, 15) is 9.18 Å². The molecule has 0 saturated carbocycles. The second kappa shape index (κ2) is 10.4. The molecule has 11 heteroatoms. The van der Waals surface area contributed by atoms with Gasteiger partial charge in [0.1, 0.15) is 11.5 Å². The van der Waals surface area contributed by atoms with Crippen molar-refractivity contribution >= 4 is 33.4 Å². The molecule has 0 radical (unpaired) electrons. The number of anilines is 1. The molecule has 2 aliphatic rings. The zero-order valence-electron chi connectivity index (χ0n) is 23.1. The van der Waals surface area contributed by atoms with Gasteiger partial charge in [-0.2, -0.15) is 15.4 Å². The lowest BCUT2D eigenvalue weighted by atomic mass is 10.1. The van der Waals surface area contributed by atoms with E-state index in [1.54, 1.807) is 28.4 Å². The number of nitrogens with zero attached hydrogens (tertiary/aromatic N) is 6. The quantitative estimate of drug-likeness (QED) is 0.275. The molecule has 8 rings (SSSR count). The highest BCUT2D eigenvalue weighted by Gasteiger charge is 2.26. The second-order valence-corrected chi connectivity index (χ2v) is 12.1. The number of amides is 1. The van der Waals surface area contributed by atoms with Crippen molar-refractivity contribution in [1.82, 2.24) is 34.8 Å². The topological polar surface area (TPSA) is 105 Å². The number of hydrogen-bond donors (Lipinski definition) is 2. The summed E-state index contributed by atoms with van der Waals surface area (Å²) < 4.78 is 15.8. The molecule has 1 aliphatic carbocycles. The number of rotatable bonds is 6. The summed E-state index contributed by atoms with van der Waals surface area (Å²) in [5.74, 6) is 0.416. The van der Waals surface area contributed by atoms with Crippen LogP contribution in [0.2, 0.25) is 0 Å². The van der Waals surface area contributed by atoms with Crippen molar-refractivity contribution in [1.29, 1.82) is 0 Å². The maximum atomic E-state index is 13.7. The lowest BCUT2D eigenvalue weighted by molar-refractivity contribution is 0.0732. The fourth-order valence-corrected chi connectivity index (χ4v) is 7.01. The van der Waals surface area contributed by atoms with E-state index in [0.717, 1.165) is 56.7 Å². The lowest BCUT2D eigenvalue weighted by Crippen LogP contribution is -2.36. The standard InChI is InChI=1S/C32H27FN8OS/c33-23-8-5-19(6-9-23)17-41-28-15-22(31(42)40-12-11-25-27(18-40)38-39-37-25)7-10-26(28)36-30(41)29-16-34-32(43-29)35-24-13-20-3-1-2-4-21(20)14-24/h1-10,15-16,24H,11-14,17-18H2,(H,34,35)(H,37,38,39). The number of fused-ring (bicyclic) bond motifs is 3. The van der Waals surface area contributed by atoms with Crippen molar-refractivity contribution in [3.05, 3.63) is 112 Å². The van der Waals surface area contributed by atoms with Gasteiger partial charge < -0.3 is 14.8 Å². The first kappa shape index (κ1) is 25.8. The van der Waals surface area contributed by atoms with Crippen LogP contribution in [0.3, 0.4) is 0 Å². The molecule has 6 aromatic rings. The largest absolute Gasteiger partial charge is 0.358 e. The number of thiazole rings is 1. The summed E-state index contributed by atoms with van der Waals surface area (Å²) in [5.41, 5.74) is 7.61. The van der Waals surface area contributed by atoms with Crippen molar-refractivity contribution in [2.45, 2.75) is 38.4 Å². The van der Waals surface area contributed by atoms with E-state index in [4.69, 9.17) is 9.97 Å². The van der Waals surface area contributed by atoms with Crippen LogP contribution in [-0.2, 0) is 32.4 Å². The summed E-state index contributed by atoms with van der Waals surface area (Å²) in [4.78, 5) is 26.0. The Morgan fingerprint density at radius 3 is 2.63 bits per heavy atom. The molecule has 0 bridgehead atoms. The number of hydrogen-bond acceptors (Lipinski definition) is 7. The first-order valence-corrected chi connectivity index (χ1v) is 15.1. The Balaban J connectivity index is 1.12. The Morgan fingerprint density at radius 2 is 1.81 bits per heavy atom. The van der Waals surface area contributed by atoms with E-state index >= 15 is 0 Å². The van der Waals surface area contributed by atoms with Gasteiger partial charge in [0.05, 0.1) is 34.3 Å². The van der Waals surface area contributed by atoms with Crippen molar-refractivity contribution in [3.8, 4) is 10.7 Å². The number of aromatic nitrogens is 6. The van der Waals surface area contributed by atoms with Crippen LogP contribution in [0.4, 0.5) is 9.52 Å². The molecule has 1 amide bonds. The van der Waals surface area contributed by atoms with Crippen LogP contribution in [0.15, 0.2) is 72.9 Å². The van der Waals surface area contributed by atoms with Crippen LogP contribution in [0.1, 0.15) is 38.4 Å². The predicted molar refractivity (Wildman–Crippen MR) is 162 cm³/mol. The number of aromatic amines is 1. The zero-order valence-corrected chi connectivity index (χ0v) is 23.9. The smallest absolute Gasteiger partial charge is 0.254 e. The van der Waals surface area contributed by atoms with Gasteiger partial charge in [-0.15, -0.1) is 0 Å². The van der Waals surface area contributed by atoms with Crippen LogP contribution in [-0.4, -0.2) is 53.3 Å². The Morgan fingerprint density at radius 1 is 1.02 bits per heavy atom. The maximum absolute atomic E-state index is 13.7. The molecule has 43 heavy (non-hydrogen) atoms. The SMILES string of the molecule is O=C(c1ccc2nc(-c3cnc(NC4Cc5ccccc5C4)s3)n(Cc3ccc(F)cc3)c2c1)N1CCc2n[nH]nc2C1. The summed E-state index contributed by atoms with van der Waals surface area (Å²) in [5, 5.41) is 15.5. The first-order valence-electron chi connectivity index (χ1n) is 14.3. The first-order chi connectivity index (χ1) is 21.1. The third-order valence-corrected chi connectivity index (χ3v) is 9.23. The van der Waals surface area contributed by atoms with Crippen LogP contribution in [0, 0.1) is 5.82 Å². The summed E-state index contributed by atoms with van der Waals surface area (Å²) in [6.07, 6.45) is 4.47. The number of imidazole rings is 1. The van der Waals surface area contributed by atoms with Gasteiger partial charge in [0, 0.05) is 31.1 Å². The molecule has 1 aliphatic heterocycles. The van der Waals surface area contributed by atoms with Gasteiger partial charge >= 0.3 is 0 Å². The highest BCUT2D eigenvalue weighted by molar-refractivity contribution is 7.18. The Labute approximate surface area is 250 Å². The summed E-state index contributed by atoms with van der Waals surface area (Å²) in [7, 11) is 0. The monoisotopic (exact) mass is 590 g/mol. The fourth-order valence-electron chi connectivity index (χ4n) is 6.11. The van der Waals surface area contributed by atoms with E-state index in [0.29, 0.717) is 37.7 Å². The number of halogens is 1. The van der Waals surface area contributed by atoms with Crippen molar-refractivity contribution in [2.75, 3.05) is 11.9 Å². The molecule has 0 spiro atoms. The average Bonchev–Trinajstić information content (AvgIpc) is 3.83. The molecule has 9 nitrogen and oxygen atoms in total. The Kier molecular flexibility index (Phi) is 6.25. The number of benzene rings is 3. The Bertz CT molecular complexity index is 1950. The van der Waals surface area contributed by atoms with E-state index in [1.165, 1.54) is 23.3 Å². The van der Waals surface area contributed by atoms with Gasteiger partial charge in [0.2, 0.25) is 0 Å². The highest BCUT2D eigenvalue weighted by atomic mass is 32.1. The molecule has 0 fully saturated rings. The van der Waals surface area contributed by atoms with Gasteiger partial charge in [0.25, 0.3) is 5.91 Å². The molecule has 4 heterocycles. The predicted octanol–water partition coefficient (Wildman–Crippen LogP) is 5.24. The van der Waals surface area contributed by atoms with Crippen molar-refractivity contribution in [3.63, 3.8) is 0 Å². The minimum Gasteiger partial charge on any atom is -0.358 e. The van der Waals surface area contributed by atoms with Gasteiger partial charge in [-0.3, -0.25) is 4.79 Å². The van der Waals surface area contributed by atoms with Gasteiger partial charge in [-0.05, 0) is 59.9 Å². The average molecular weight is 591 g/mol. The third-order valence-electron chi connectivity index (χ3n) is 8.30. The second-order valence-electron chi connectivity index (χ2n) is 11.1. The molecule has 214 valence electrons. The molecule has 2 N–H and O–H groups in total. The number of carbonyl (C=O) groups is 1. The number of carbonyl (C=O) groups excluding carboxylic acids is 1. The fraction of sp³-hybridized carbons (Fsp3) is 0.219. The van der Waals surface area contributed by atoms with Crippen molar-refractivity contribution < 1.29 is 9.18 Å². The van der Waals surface area contributed by atoms with E-state index < -0.39 is 0 Å². The van der Waals surface area contributed by atoms with Crippen LogP contribution < -0.4 is 5.32 Å². The minimum absolute atomic E-state index is 0.0616. The zero-order chi connectivity index (χ0) is 28.9. The maximum Gasteiger partial charge on any atom is 0.254 e. The molecular weight excluding hydrogens is 563 g/mol. The molecule has 0 atom stereocenters. The molecule has 3 aromatic heterocycles. The summed E-state index contributed by atoms with van der Waals surface area (Å²) in [6, 6.07) is 21.0. The van der Waals surface area contributed by atoms with Gasteiger partial charge in [-0.1, -0.05) is 47.7 Å². The third kappa shape index (κ3) is 4.85. The lowest BCUT2D eigenvalue weighted by Gasteiger charge is -2.25. The van der Waals surface area contributed by atoms with Crippen LogP contribution in [0.25, 0.3) is 21.7 Å². The minimum atomic E-state index is -0.281. The van der Waals surface area contributed by atoms with Crippen LogP contribution in [0.5, 0.6) is 0 Å². The molecule has 0 saturated heterocycles. The van der Waals surface area contributed by atoms with E-state index in [1.807, 2.05) is 24.4 Å². The molecule has 0 unspecified atom stereocenters. The molecule has 3 aromatic carbocycles. The van der Waals surface area contributed by atoms with Gasteiger partial charge in [-0.25, -0.2) is 14.4 Å². The van der Waals surface area contributed by atoms with Crippen molar-refractivity contribution in [2.24, 2.45) is 0 Å². The van der Waals surface area contributed by atoms with E-state index in [2.05, 4.69) is 49.6 Å².